The van der Waals surface area contributed by atoms with E-state index in [-0.39, 0.29) is 5.91 Å². The Morgan fingerprint density at radius 3 is 2.48 bits per heavy atom. The number of hydrogen-bond acceptors (Lipinski definition) is 3. The second kappa shape index (κ2) is 9.83. The van der Waals surface area contributed by atoms with Gasteiger partial charge in [0.15, 0.2) is 6.54 Å². The number of nitrogens with zero attached hydrogens (tertiary/aromatic N) is 1. The highest BCUT2D eigenvalue weighted by Gasteiger charge is 2.23. The Balaban J connectivity index is 1.33. The van der Waals surface area contributed by atoms with Gasteiger partial charge in [-0.25, -0.2) is 0 Å². The van der Waals surface area contributed by atoms with Crippen molar-refractivity contribution in [3.8, 4) is 5.75 Å². The fourth-order valence-corrected chi connectivity index (χ4v) is 3.51. The molecule has 1 heterocycles. The predicted molar refractivity (Wildman–Crippen MR) is 109 cm³/mol. The van der Waals surface area contributed by atoms with Crippen molar-refractivity contribution in [2.45, 2.75) is 0 Å². The molecule has 2 aromatic rings. The van der Waals surface area contributed by atoms with Gasteiger partial charge in [0.2, 0.25) is 0 Å². The average Bonchev–Trinajstić information content (AvgIpc) is 2.68. The van der Waals surface area contributed by atoms with Gasteiger partial charge in [0.05, 0.1) is 43.4 Å². The number of para-hydroxylation sites is 1. The Kier molecular flexibility index (Phi) is 7.21. The maximum atomic E-state index is 12.1. The van der Waals surface area contributed by atoms with Gasteiger partial charge in [-0.2, -0.15) is 0 Å². The smallest absolute Gasteiger partial charge is 0.275 e. The molecule has 0 atom stereocenters. The van der Waals surface area contributed by atoms with E-state index in [1.165, 1.54) is 4.90 Å². The normalized spacial score (nSPS) is 14.8. The zero-order valence-corrected chi connectivity index (χ0v) is 16.6. The summed E-state index contributed by atoms with van der Waals surface area (Å²) in [5.41, 5.74) is 1.07. The number of piperazine rings is 1. The van der Waals surface area contributed by atoms with E-state index in [2.05, 4.69) is 10.2 Å². The third kappa shape index (κ3) is 6.03. The molecule has 0 radical (unpaired) electrons. The zero-order chi connectivity index (χ0) is 19.1. The summed E-state index contributed by atoms with van der Waals surface area (Å²) in [5.74, 6) is 0.797. The van der Waals surface area contributed by atoms with Crippen LogP contribution in [0.1, 0.15) is 0 Å². The van der Waals surface area contributed by atoms with Crippen LogP contribution in [0.2, 0.25) is 10.0 Å². The van der Waals surface area contributed by atoms with Crippen LogP contribution in [0.4, 0.5) is 5.69 Å². The largest absolute Gasteiger partial charge is 0.492 e. The quantitative estimate of drug-likeness (QED) is 0.687. The molecule has 1 aliphatic rings. The number of ether oxygens (including phenoxy) is 1. The molecular weight excluding hydrogens is 385 g/mol. The van der Waals surface area contributed by atoms with Crippen LogP contribution in [-0.2, 0) is 4.79 Å². The number of benzene rings is 2. The Bertz CT molecular complexity index is 747. The van der Waals surface area contributed by atoms with Crippen LogP contribution in [0.15, 0.2) is 48.5 Å². The Labute approximate surface area is 169 Å². The van der Waals surface area contributed by atoms with Crippen molar-refractivity contribution >= 4 is 34.8 Å². The highest BCUT2D eigenvalue weighted by atomic mass is 35.5. The molecule has 1 amide bonds. The average molecular weight is 409 g/mol. The Hall–Kier alpha value is -1.95. The molecule has 0 bridgehead atoms. The SMILES string of the molecule is O=C(C[NH+]1CCN(c2ccccc2Cl)CC1)NCCOc1ccc(Cl)cc1. The van der Waals surface area contributed by atoms with Crippen LogP contribution in [0.25, 0.3) is 0 Å². The lowest BCUT2D eigenvalue weighted by atomic mass is 10.2. The third-order valence-electron chi connectivity index (χ3n) is 4.58. The van der Waals surface area contributed by atoms with Crippen molar-refractivity contribution in [2.24, 2.45) is 0 Å². The van der Waals surface area contributed by atoms with Gasteiger partial charge in [-0.15, -0.1) is 0 Å². The first-order valence-electron chi connectivity index (χ1n) is 9.10. The van der Waals surface area contributed by atoms with Gasteiger partial charge in [-0.3, -0.25) is 4.79 Å². The number of amides is 1. The van der Waals surface area contributed by atoms with E-state index in [4.69, 9.17) is 27.9 Å². The number of rotatable bonds is 7. The van der Waals surface area contributed by atoms with Crippen LogP contribution >= 0.6 is 23.2 Å². The molecule has 7 heteroatoms. The maximum absolute atomic E-state index is 12.1. The van der Waals surface area contributed by atoms with Crippen molar-refractivity contribution < 1.29 is 14.4 Å². The van der Waals surface area contributed by atoms with Gasteiger partial charge in [-0.05, 0) is 36.4 Å². The predicted octanol–water partition coefficient (Wildman–Crippen LogP) is 1.89. The topological polar surface area (TPSA) is 46.0 Å². The van der Waals surface area contributed by atoms with Crippen LogP contribution in [-0.4, -0.2) is 51.8 Å². The molecule has 0 aliphatic carbocycles. The van der Waals surface area contributed by atoms with Crippen molar-refractivity contribution in [2.75, 3.05) is 50.8 Å². The summed E-state index contributed by atoms with van der Waals surface area (Å²) in [6.07, 6.45) is 0. The highest BCUT2D eigenvalue weighted by molar-refractivity contribution is 6.33. The van der Waals surface area contributed by atoms with Gasteiger partial charge in [0.25, 0.3) is 5.91 Å². The molecule has 3 rings (SSSR count). The highest BCUT2D eigenvalue weighted by Crippen LogP contribution is 2.24. The van der Waals surface area contributed by atoms with Crippen molar-refractivity contribution in [3.05, 3.63) is 58.6 Å². The van der Waals surface area contributed by atoms with Crippen LogP contribution in [0, 0.1) is 0 Å². The molecule has 5 nitrogen and oxygen atoms in total. The third-order valence-corrected chi connectivity index (χ3v) is 5.15. The molecule has 0 aromatic heterocycles. The van der Waals surface area contributed by atoms with E-state index in [1.807, 2.05) is 36.4 Å². The fourth-order valence-electron chi connectivity index (χ4n) is 3.13. The summed E-state index contributed by atoms with van der Waals surface area (Å²) in [4.78, 5) is 15.7. The first kappa shape index (κ1) is 19.8. The molecule has 2 N–H and O–H groups in total. The van der Waals surface area contributed by atoms with Crippen LogP contribution in [0.3, 0.4) is 0 Å². The van der Waals surface area contributed by atoms with Gasteiger partial charge >= 0.3 is 0 Å². The van der Waals surface area contributed by atoms with Crippen molar-refractivity contribution in [3.63, 3.8) is 0 Å². The lowest BCUT2D eigenvalue weighted by molar-refractivity contribution is -0.892. The summed E-state index contributed by atoms with van der Waals surface area (Å²) in [6, 6.07) is 15.1. The van der Waals surface area contributed by atoms with E-state index in [0.29, 0.717) is 24.7 Å². The minimum atomic E-state index is 0.0518. The number of nitrogens with one attached hydrogen (secondary N) is 2. The van der Waals surface area contributed by atoms with Gasteiger partial charge < -0.3 is 19.9 Å². The summed E-state index contributed by atoms with van der Waals surface area (Å²) < 4.78 is 5.58. The Morgan fingerprint density at radius 2 is 1.78 bits per heavy atom. The summed E-state index contributed by atoms with van der Waals surface area (Å²) in [5, 5.41) is 4.37. The molecule has 2 aromatic carbocycles. The van der Waals surface area contributed by atoms with Crippen LogP contribution < -0.4 is 19.9 Å². The molecule has 1 saturated heterocycles. The number of halogens is 2. The number of anilines is 1. The molecule has 1 aliphatic heterocycles. The number of carbonyl (C=O) groups excluding carboxylic acids is 1. The van der Waals surface area contributed by atoms with Crippen molar-refractivity contribution in [1.29, 1.82) is 0 Å². The lowest BCUT2D eigenvalue weighted by Crippen LogP contribution is -3.16. The lowest BCUT2D eigenvalue weighted by Gasteiger charge is -2.33. The van der Waals surface area contributed by atoms with Gasteiger partial charge in [0.1, 0.15) is 12.4 Å². The summed E-state index contributed by atoms with van der Waals surface area (Å²) >= 11 is 12.1. The molecule has 27 heavy (non-hydrogen) atoms. The van der Waals surface area contributed by atoms with Gasteiger partial charge in [0, 0.05) is 5.02 Å². The second-order valence-electron chi connectivity index (χ2n) is 6.52. The molecule has 0 saturated carbocycles. The minimum Gasteiger partial charge on any atom is -0.492 e. The number of carbonyl (C=O) groups is 1. The van der Waals surface area contributed by atoms with E-state index >= 15 is 0 Å². The monoisotopic (exact) mass is 408 g/mol. The molecule has 1 fully saturated rings. The minimum absolute atomic E-state index is 0.0518. The second-order valence-corrected chi connectivity index (χ2v) is 7.36. The standard InChI is InChI=1S/C20H23Cl2N3O2/c21-16-5-7-17(8-6-16)27-14-9-23-20(26)15-24-10-12-25(13-11-24)19-4-2-1-3-18(19)22/h1-8H,9-15H2,(H,23,26)/p+1. The fraction of sp³-hybridized carbons (Fsp3) is 0.350. The first-order valence-corrected chi connectivity index (χ1v) is 9.85. The van der Waals surface area contributed by atoms with Gasteiger partial charge in [-0.1, -0.05) is 35.3 Å². The summed E-state index contributed by atoms with van der Waals surface area (Å²) in [7, 11) is 0. The van der Waals surface area contributed by atoms with E-state index in [0.717, 1.165) is 42.6 Å². The molecule has 144 valence electrons. The number of quaternary nitrogens is 1. The zero-order valence-electron chi connectivity index (χ0n) is 15.1. The van der Waals surface area contributed by atoms with Crippen LogP contribution in [0.5, 0.6) is 5.75 Å². The number of hydrogen-bond donors (Lipinski definition) is 2. The van der Waals surface area contributed by atoms with E-state index < -0.39 is 0 Å². The summed E-state index contributed by atoms with van der Waals surface area (Å²) in [6.45, 7) is 5.03. The molecule has 0 unspecified atom stereocenters. The first-order chi connectivity index (χ1) is 13.1. The maximum Gasteiger partial charge on any atom is 0.275 e. The van der Waals surface area contributed by atoms with E-state index in [9.17, 15) is 4.79 Å². The van der Waals surface area contributed by atoms with E-state index in [1.54, 1.807) is 12.1 Å². The Morgan fingerprint density at radius 1 is 1.07 bits per heavy atom. The molecular formula is C20H24Cl2N3O2+. The molecule has 0 spiro atoms. The van der Waals surface area contributed by atoms with Crippen molar-refractivity contribution in [1.82, 2.24) is 5.32 Å².